The molecule has 0 aliphatic rings. The number of hydrogen-bond donors (Lipinski definition) is 0. The van der Waals surface area contributed by atoms with E-state index in [1.807, 2.05) is 39.8 Å². The topological polar surface area (TPSA) is 52.9 Å². The Morgan fingerprint density at radius 3 is 0.903 bits per heavy atom. The summed E-state index contributed by atoms with van der Waals surface area (Å²) in [7, 11) is 0. The Kier molecular flexibility index (Phi) is 15.0. The van der Waals surface area contributed by atoms with E-state index in [9.17, 15) is 0 Å². The van der Waals surface area contributed by atoms with Crippen molar-refractivity contribution in [2.45, 2.75) is 133 Å². The molecular weight excluding hydrogens is 423 g/mol. The molecule has 0 aliphatic carbocycles. The van der Waals surface area contributed by atoms with E-state index in [1.54, 1.807) is 0 Å². The molecule has 0 fully saturated rings. The second-order valence-corrected chi connectivity index (χ2v) is 12.0. The predicted octanol–water partition coefficient (Wildman–Crippen LogP) is 8.64. The summed E-state index contributed by atoms with van der Waals surface area (Å²) in [5.41, 5.74) is 4.10. The van der Waals surface area contributed by atoms with Crippen LogP contribution in [0.3, 0.4) is 0 Å². The standard InChI is InChI=1S/2C13H25N2.Mn/c2*1-10(14-12(3,4)5)9-11(2)15-13(6,7)8;/h2*9H,1-8H3;/q2*-1;+2/b2*10-9-,15-11?;. The summed E-state index contributed by atoms with van der Waals surface area (Å²) >= 11 is 0. The maximum atomic E-state index is 4.56. The van der Waals surface area contributed by atoms with E-state index < -0.39 is 0 Å². The molecule has 0 saturated heterocycles. The third-order valence-electron chi connectivity index (χ3n) is 2.88. The van der Waals surface area contributed by atoms with Gasteiger partial charge in [0, 0.05) is 11.4 Å². The largest absolute Gasteiger partial charge is 2.00 e. The minimum atomic E-state index is -0.0113. The molecule has 0 bridgehead atoms. The average molecular weight is 474 g/mol. The minimum absolute atomic E-state index is 0. The summed E-state index contributed by atoms with van der Waals surface area (Å²) in [6.45, 7) is 33.3. The van der Waals surface area contributed by atoms with Gasteiger partial charge >= 0.3 is 17.1 Å². The van der Waals surface area contributed by atoms with Crippen molar-refractivity contribution in [3.05, 3.63) is 34.2 Å². The molecule has 0 aromatic carbocycles. The van der Waals surface area contributed by atoms with Gasteiger partial charge in [0.05, 0.1) is 11.1 Å². The van der Waals surface area contributed by atoms with Crippen molar-refractivity contribution < 1.29 is 17.1 Å². The van der Waals surface area contributed by atoms with Gasteiger partial charge in [0.25, 0.3) is 0 Å². The summed E-state index contributed by atoms with van der Waals surface area (Å²) in [5, 5.41) is 9.12. The van der Waals surface area contributed by atoms with E-state index in [2.05, 4.69) is 104 Å². The number of allylic oxidation sites excluding steroid dienone is 4. The number of rotatable bonds is 4. The van der Waals surface area contributed by atoms with E-state index >= 15 is 0 Å². The van der Waals surface area contributed by atoms with Crippen LogP contribution in [0.15, 0.2) is 33.5 Å². The Bertz CT molecular complexity index is 583. The van der Waals surface area contributed by atoms with Crippen molar-refractivity contribution in [1.82, 2.24) is 0 Å². The van der Waals surface area contributed by atoms with Crippen LogP contribution in [0.2, 0.25) is 0 Å². The van der Waals surface area contributed by atoms with Crippen LogP contribution >= 0.6 is 0 Å². The molecular formula is C26H50MnN4. The minimum Gasteiger partial charge on any atom is -0.683 e. The summed E-state index contributed by atoms with van der Waals surface area (Å²) in [6, 6.07) is 0. The summed E-state index contributed by atoms with van der Waals surface area (Å²) < 4.78 is 0. The van der Waals surface area contributed by atoms with Gasteiger partial charge in [-0.15, -0.1) is 11.1 Å². The van der Waals surface area contributed by atoms with E-state index in [-0.39, 0.29) is 39.2 Å². The summed E-state index contributed by atoms with van der Waals surface area (Å²) in [5.74, 6) is 0. The number of hydrogen-bond acceptors (Lipinski definition) is 2. The molecule has 4 nitrogen and oxygen atoms in total. The van der Waals surface area contributed by atoms with Crippen molar-refractivity contribution in [1.29, 1.82) is 0 Å². The Morgan fingerprint density at radius 2 is 0.742 bits per heavy atom. The average Bonchev–Trinajstić information content (AvgIpc) is 2.27. The Hall–Kier alpha value is -1.06. The molecule has 0 aliphatic heterocycles. The molecule has 0 rings (SSSR count). The number of nitrogens with zero attached hydrogens (tertiary/aromatic N) is 4. The van der Waals surface area contributed by atoms with Crippen LogP contribution < -0.4 is 0 Å². The second-order valence-electron chi connectivity index (χ2n) is 12.0. The van der Waals surface area contributed by atoms with E-state index in [0.717, 1.165) is 22.8 Å². The summed E-state index contributed by atoms with van der Waals surface area (Å²) in [4.78, 5) is 9.12. The fourth-order valence-corrected chi connectivity index (χ4v) is 2.85. The third kappa shape index (κ3) is 28.9. The third-order valence-corrected chi connectivity index (χ3v) is 2.88. The fraction of sp³-hybridized carbons (Fsp3) is 0.769. The monoisotopic (exact) mass is 473 g/mol. The molecule has 0 spiro atoms. The zero-order valence-corrected chi connectivity index (χ0v) is 24.5. The van der Waals surface area contributed by atoms with E-state index in [0.29, 0.717) is 0 Å². The van der Waals surface area contributed by atoms with Gasteiger partial charge in [0.2, 0.25) is 0 Å². The van der Waals surface area contributed by atoms with E-state index in [1.165, 1.54) is 0 Å². The maximum Gasteiger partial charge on any atom is 2.00 e. The molecule has 0 atom stereocenters. The normalized spacial score (nSPS) is 15.0. The second kappa shape index (κ2) is 13.5. The molecule has 0 aromatic rings. The van der Waals surface area contributed by atoms with Crippen LogP contribution in [-0.4, -0.2) is 33.6 Å². The van der Waals surface area contributed by atoms with Crippen molar-refractivity contribution in [2.75, 3.05) is 0 Å². The number of aliphatic imine (C=N–C) groups is 2. The van der Waals surface area contributed by atoms with Crippen LogP contribution in [0.5, 0.6) is 0 Å². The quantitative estimate of drug-likeness (QED) is 0.290. The smallest absolute Gasteiger partial charge is 0.683 e. The maximum absolute atomic E-state index is 4.56. The van der Waals surface area contributed by atoms with Gasteiger partial charge in [-0.2, -0.15) is 11.4 Å². The molecule has 31 heavy (non-hydrogen) atoms. The van der Waals surface area contributed by atoms with Crippen LogP contribution in [0.1, 0.15) is 111 Å². The first-order valence-electron chi connectivity index (χ1n) is 10.9. The van der Waals surface area contributed by atoms with Crippen LogP contribution in [0.4, 0.5) is 0 Å². The van der Waals surface area contributed by atoms with Crippen LogP contribution in [0.25, 0.3) is 10.6 Å². The molecule has 0 amide bonds. The van der Waals surface area contributed by atoms with Gasteiger partial charge in [-0.25, -0.2) is 0 Å². The van der Waals surface area contributed by atoms with Crippen molar-refractivity contribution in [3.63, 3.8) is 0 Å². The Balaban J connectivity index is -0.000000490. The van der Waals surface area contributed by atoms with Crippen LogP contribution in [0, 0.1) is 0 Å². The SMILES string of the molecule is CC(/C=C(/C)[N-]C(C)(C)C)=NC(C)(C)C.CC(/C=C(/C)[N-]C(C)(C)C)=NC(C)(C)C.[Mn+2]. The van der Waals surface area contributed by atoms with Crippen molar-refractivity contribution in [2.24, 2.45) is 9.98 Å². The van der Waals surface area contributed by atoms with Gasteiger partial charge in [-0.05, 0) is 55.4 Å². The van der Waals surface area contributed by atoms with Crippen LogP contribution in [-0.2, 0) is 17.1 Å². The first-order chi connectivity index (χ1) is 13.0. The van der Waals surface area contributed by atoms with Crippen molar-refractivity contribution >= 4 is 11.4 Å². The van der Waals surface area contributed by atoms with Gasteiger partial charge in [0.15, 0.2) is 0 Å². The Morgan fingerprint density at radius 1 is 0.516 bits per heavy atom. The predicted molar refractivity (Wildman–Crippen MR) is 139 cm³/mol. The summed E-state index contributed by atoms with van der Waals surface area (Å²) in [6.07, 6.45) is 4.08. The molecule has 0 unspecified atom stereocenters. The van der Waals surface area contributed by atoms with Gasteiger partial charge < -0.3 is 10.6 Å². The molecule has 0 heterocycles. The first kappa shape index (κ1) is 34.5. The molecule has 0 N–H and O–H groups in total. The Labute approximate surface area is 205 Å². The molecule has 0 aromatic heterocycles. The molecule has 5 heteroatoms. The fourth-order valence-electron chi connectivity index (χ4n) is 2.85. The van der Waals surface area contributed by atoms with Crippen molar-refractivity contribution in [3.8, 4) is 0 Å². The van der Waals surface area contributed by atoms with E-state index in [4.69, 9.17) is 0 Å². The zero-order valence-electron chi connectivity index (χ0n) is 23.3. The molecule has 1 radical (unpaired) electrons. The zero-order chi connectivity index (χ0) is 24.6. The molecule has 181 valence electrons. The van der Waals surface area contributed by atoms with Gasteiger partial charge in [0.1, 0.15) is 0 Å². The van der Waals surface area contributed by atoms with Gasteiger partial charge in [-0.1, -0.05) is 67.5 Å². The van der Waals surface area contributed by atoms with Gasteiger partial charge in [-0.3, -0.25) is 9.98 Å². The first-order valence-corrected chi connectivity index (χ1v) is 10.9. The molecule has 0 saturated carbocycles.